The Balaban J connectivity index is 1.86. The van der Waals surface area contributed by atoms with Crippen molar-refractivity contribution in [3.05, 3.63) is 45.4 Å². The van der Waals surface area contributed by atoms with Crippen LogP contribution in [0.4, 0.5) is 5.13 Å². The third-order valence-corrected chi connectivity index (χ3v) is 5.77. The largest absolute Gasteiger partial charge is 0.301 e. The van der Waals surface area contributed by atoms with E-state index in [0.29, 0.717) is 40.0 Å². The van der Waals surface area contributed by atoms with Crippen molar-refractivity contribution in [1.82, 2.24) is 4.98 Å². The van der Waals surface area contributed by atoms with E-state index in [1.165, 1.54) is 11.3 Å². The van der Waals surface area contributed by atoms with E-state index in [4.69, 9.17) is 23.2 Å². The molecule has 0 radical (unpaired) electrons. The number of aromatic nitrogens is 1. The summed E-state index contributed by atoms with van der Waals surface area (Å²) in [7, 11) is 0. The SMILES string of the molecule is O=C1CCC(CC(C(=O)Nc2nccs2)c2cccc(Cl)c2Cl)C1. The van der Waals surface area contributed by atoms with Gasteiger partial charge in [0.1, 0.15) is 5.78 Å². The van der Waals surface area contributed by atoms with E-state index in [2.05, 4.69) is 10.3 Å². The summed E-state index contributed by atoms with van der Waals surface area (Å²) in [4.78, 5) is 28.5. The number of nitrogens with one attached hydrogen (secondary N) is 1. The molecule has 1 aliphatic rings. The van der Waals surface area contributed by atoms with Crippen LogP contribution in [0.1, 0.15) is 37.2 Å². The highest BCUT2D eigenvalue weighted by atomic mass is 35.5. The molecule has 1 fully saturated rings. The number of rotatable bonds is 5. The first kappa shape index (κ1) is 17.4. The fraction of sp³-hybridized carbons (Fsp3) is 0.353. The van der Waals surface area contributed by atoms with E-state index >= 15 is 0 Å². The number of amides is 1. The van der Waals surface area contributed by atoms with Gasteiger partial charge < -0.3 is 5.32 Å². The van der Waals surface area contributed by atoms with E-state index in [-0.39, 0.29) is 17.6 Å². The van der Waals surface area contributed by atoms with Gasteiger partial charge in [-0.2, -0.15) is 0 Å². The molecule has 1 aromatic carbocycles. The van der Waals surface area contributed by atoms with Crippen molar-refractivity contribution in [2.45, 2.75) is 31.6 Å². The number of Topliss-reactive ketones (excluding diaryl/α,β-unsaturated/α-hetero) is 1. The predicted octanol–water partition coefficient (Wildman–Crippen LogP) is 4.93. The number of ketones is 1. The second kappa shape index (κ2) is 7.64. The Morgan fingerprint density at radius 3 is 2.92 bits per heavy atom. The van der Waals surface area contributed by atoms with E-state index in [0.717, 1.165) is 6.42 Å². The predicted molar refractivity (Wildman–Crippen MR) is 96.9 cm³/mol. The first-order valence-electron chi connectivity index (χ1n) is 7.70. The normalized spacial score (nSPS) is 18.6. The van der Waals surface area contributed by atoms with Crippen molar-refractivity contribution < 1.29 is 9.59 Å². The van der Waals surface area contributed by atoms with Gasteiger partial charge in [0.25, 0.3) is 0 Å². The first-order chi connectivity index (χ1) is 11.5. The van der Waals surface area contributed by atoms with Crippen LogP contribution in [0.3, 0.4) is 0 Å². The summed E-state index contributed by atoms with van der Waals surface area (Å²) in [5, 5.41) is 5.99. The molecule has 2 atom stereocenters. The van der Waals surface area contributed by atoms with Crippen LogP contribution >= 0.6 is 34.5 Å². The summed E-state index contributed by atoms with van der Waals surface area (Å²) in [5.74, 6) is -0.180. The fourth-order valence-electron chi connectivity index (χ4n) is 3.07. The van der Waals surface area contributed by atoms with E-state index in [1.807, 2.05) is 6.07 Å². The molecular weight excluding hydrogens is 367 g/mol. The lowest BCUT2D eigenvalue weighted by atomic mass is 9.87. The lowest BCUT2D eigenvalue weighted by Crippen LogP contribution is -2.23. The van der Waals surface area contributed by atoms with Gasteiger partial charge in [-0.25, -0.2) is 4.98 Å². The van der Waals surface area contributed by atoms with Gasteiger partial charge in [0.15, 0.2) is 5.13 Å². The maximum Gasteiger partial charge on any atom is 0.233 e. The first-order valence-corrected chi connectivity index (χ1v) is 9.34. The second-order valence-corrected chi connectivity index (χ2v) is 7.59. The molecule has 0 saturated heterocycles. The highest BCUT2D eigenvalue weighted by molar-refractivity contribution is 7.13. The molecule has 0 aliphatic heterocycles. The Hall–Kier alpha value is -1.43. The van der Waals surface area contributed by atoms with Crippen LogP contribution in [0.25, 0.3) is 0 Å². The zero-order valence-electron chi connectivity index (χ0n) is 12.8. The average Bonchev–Trinajstić information content (AvgIpc) is 3.20. The van der Waals surface area contributed by atoms with Crippen molar-refractivity contribution >= 4 is 51.4 Å². The summed E-state index contributed by atoms with van der Waals surface area (Å²) in [6.45, 7) is 0. The van der Waals surface area contributed by atoms with Crippen molar-refractivity contribution in [1.29, 1.82) is 0 Å². The number of carbonyl (C=O) groups excluding carboxylic acids is 2. The summed E-state index contributed by atoms with van der Waals surface area (Å²) in [5.41, 5.74) is 0.692. The van der Waals surface area contributed by atoms with Crippen LogP contribution in [-0.2, 0) is 9.59 Å². The number of hydrogen-bond acceptors (Lipinski definition) is 4. The second-order valence-electron chi connectivity index (χ2n) is 5.91. The molecule has 0 bridgehead atoms. The van der Waals surface area contributed by atoms with Crippen LogP contribution in [0, 0.1) is 5.92 Å². The molecule has 1 heterocycles. The molecule has 24 heavy (non-hydrogen) atoms. The lowest BCUT2D eigenvalue weighted by molar-refractivity contribution is -0.119. The van der Waals surface area contributed by atoms with Crippen molar-refractivity contribution in [2.24, 2.45) is 5.92 Å². The van der Waals surface area contributed by atoms with Gasteiger partial charge in [-0.3, -0.25) is 9.59 Å². The average molecular weight is 383 g/mol. The summed E-state index contributed by atoms with van der Waals surface area (Å²) in [6.07, 6.45) is 4.15. The molecule has 126 valence electrons. The molecule has 1 saturated carbocycles. The smallest absolute Gasteiger partial charge is 0.233 e. The number of halogens is 2. The van der Waals surface area contributed by atoms with Gasteiger partial charge in [0, 0.05) is 24.4 Å². The monoisotopic (exact) mass is 382 g/mol. The van der Waals surface area contributed by atoms with Crippen molar-refractivity contribution in [3.8, 4) is 0 Å². The third-order valence-electron chi connectivity index (χ3n) is 4.25. The minimum Gasteiger partial charge on any atom is -0.301 e. The molecule has 1 amide bonds. The minimum atomic E-state index is -0.462. The van der Waals surface area contributed by atoms with Crippen molar-refractivity contribution in [3.63, 3.8) is 0 Å². The Morgan fingerprint density at radius 2 is 2.25 bits per heavy atom. The lowest BCUT2D eigenvalue weighted by Gasteiger charge is -2.21. The maximum atomic E-state index is 12.8. The maximum absolute atomic E-state index is 12.8. The molecule has 3 rings (SSSR count). The number of hydrogen-bond donors (Lipinski definition) is 1. The standard InChI is InChI=1S/C17H16Cl2N2O2S/c18-14-3-1-2-12(15(14)19)13(9-10-4-5-11(22)8-10)16(23)21-17-20-6-7-24-17/h1-3,6-7,10,13H,4-5,8-9H2,(H,20,21,23). The molecule has 1 aromatic heterocycles. The van der Waals surface area contributed by atoms with E-state index in [9.17, 15) is 9.59 Å². The van der Waals surface area contributed by atoms with Gasteiger partial charge in [-0.1, -0.05) is 35.3 Å². The number of benzene rings is 1. The molecule has 0 spiro atoms. The van der Waals surface area contributed by atoms with E-state index < -0.39 is 5.92 Å². The highest BCUT2D eigenvalue weighted by Gasteiger charge is 2.31. The molecule has 2 aromatic rings. The zero-order valence-corrected chi connectivity index (χ0v) is 15.1. The fourth-order valence-corrected chi connectivity index (χ4v) is 4.04. The highest BCUT2D eigenvalue weighted by Crippen LogP contribution is 2.38. The summed E-state index contributed by atoms with van der Waals surface area (Å²) in [6, 6.07) is 5.30. The van der Waals surface area contributed by atoms with Crippen molar-refractivity contribution in [2.75, 3.05) is 5.32 Å². The van der Waals surface area contributed by atoms with Gasteiger partial charge in [0.2, 0.25) is 5.91 Å². The Bertz CT molecular complexity index is 749. The summed E-state index contributed by atoms with van der Waals surface area (Å²) >= 11 is 13.8. The summed E-state index contributed by atoms with van der Waals surface area (Å²) < 4.78 is 0. The van der Waals surface area contributed by atoms with Crippen LogP contribution in [-0.4, -0.2) is 16.7 Å². The Labute approximate surface area is 154 Å². The third kappa shape index (κ3) is 3.97. The van der Waals surface area contributed by atoms with Gasteiger partial charge in [-0.05, 0) is 30.4 Å². The van der Waals surface area contributed by atoms with Crippen LogP contribution in [0.15, 0.2) is 29.8 Å². The van der Waals surface area contributed by atoms with Gasteiger partial charge >= 0.3 is 0 Å². The van der Waals surface area contributed by atoms with Crippen LogP contribution < -0.4 is 5.32 Å². The minimum absolute atomic E-state index is 0.173. The molecule has 1 aliphatic carbocycles. The topological polar surface area (TPSA) is 59.1 Å². The zero-order chi connectivity index (χ0) is 17.1. The molecule has 4 nitrogen and oxygen atoms in total. The molecule has 7 heteroatoms. The number of nitrogens with zero attached hydrogens (tertiary/aromatic N) is 1. The Morgan fingerprint density at radius 1 is 1.42 bits per heavy atom. The molecule has 2 unspecified atom stereocenters. The van der Waals surface area contributed by atoms with Gasteiger partial charge in [-0.15, -0.1) is 11.3 Å². The molecule has 1 N–H and O–H groups in total. The van der Waals surface area contributed by atoms with Crippen LogP contribution in [0.5, 0.6) is 0 Å². The van der Waals surface area contributed by atoms with Gasteiger partial charge in [0.05, 0.1) is 16.0 Å². The number of carbonyl (C=O) groups is 2. The number of anilines is 1. The number of thiazole rings is 1. The molecular formula is C17H16Cl2N2O2S. The van der Waals surface area contributed by atoms with E-state index in [1.54, 1.807) is 23.7 Å². The quantitative estimate of drug-likeness (QED) is 0.796. The Kier molecular flexibility index (Phi) is 5.54. The van der Waals surface area contributed by atoms with Crippen LogP contribution in [0.2, 0.25) is 10.0 Å².